The molecule has 4 nitrogen and oxygen atoms in total. The Kier molecular flexibility index (Phi) is 4.52. The van der Waals surface area contributed by atoms with Crippen LogP contribution in [0.15, 0.2) is 30.3 Å². The number of nitrogens with one attached hydrogen (secondary N) is 1. The zero-order valence-electron chi connectivity index (χ0n) is 11.3. The maximum absolute atomic E-state index is 12.0. The first-order valence-corrected chi connectivity index (χ1v) is 7.26. The number of hydrogen-bond acceptors (Lipinski definition) is 4. The predicted octanol–water partition coefficient (Wildman–Crippen LogP) is 2.98. The molecule has 0 saturated carbocycles. The number of anilines is 2. The summed E-state index contributed by atoms with van der Waals surface area (Å²) in [7, 11) is 3.82. The van der Waals surface area contributed by atoms with Gasteiger partial charge < -0.3 is 16.0 Å². The van der Waals surface area contributed by atoms with Crippen molar-refractivity contribution in [1.29, 1.82) is 0 Å². The first-order chi connectivity index (χ1) is 9.47. The third kappa shape index (κ3) is 3.43. The highest BCUT2D eigenvalue weighted by atomic mass is 35.5. The molecule has 0 unspecified atom stereocenters. The number of hydrogen-bond donors (Lipinski definition) is 2. The van der Waals surface area contributed by atoms with Gasteiger partial charge in [-0.1, -0.05) is 11.6 Å². The molecular formula is C14H16ClN3OS. The fourth-order valence-electron chi connectivity index (χ4n) is 1.82. The van der Waals surface area contributed by atoms with Gasteiger partial charge >= 0.3 is 0 Å². The number of thiophene rings is 1. The maximum atomic E-state index is 12.0. The molecule has 2 aromatic rings. The number of carbonyl (C=O) groups excluding carboxylic acids is 1. The Bertz CT molecular complexity index is 625. The lowest BCUT2D eigenvalue weighted by Gasteiger charge is -2.15. The maximum Gasteiger partial charge on any atom is 0.251 e. The molecule has 0 radical (unpaired) electrons. The normalized spacial score (nSPS) is 10.3. The van der Waals surface area contributed by atoms with Crippen LogP contribution in [0.5, 0.6) is 0 Å². The van der Waals surface area contributed by atoms with Crippen molar-refractivity contribution in [2.75, 3.05) is 24.7 Å². The second-order valence-corrected chi connectivity index (χ2v) is 6.36. The average molecular weight is 310 g/mol. The Morgan fingerprint density at radius 1 is 1.35 bits per heavy atom. The van der Waals surface area contributed by atoms with E-state index in [1.807, 2.05) is 37.2 Å². The van der Waals surface area contributed by atoms with E-state index in [9.17, 15) is 4.79 Å². The summed E-state index contributed by atoms with van der Waals surface area (Å²) in [5.74, 6) is -0.147. The lowest BCUT2D eigenvalue weighted by Crippen LogP contribution is -2.22. The smallest absolute Gasteiger partial charge is 0.251 e. The van der Waals surface area contributed by atoms with E-state index < -0.39 is 0 Å². The standard InChI is InChI=1S/C14H16ClN3OS/c1-18(2)12-5-3-9(7-11(12)16)14(19)17-8-10-4-6-13(15)20-10/h3-7H,8,16H2,1-2H3,(H,17,19). The Morgan fingerprint density at radius 3 is 2.65 bits per heavy atom. The van der Waals surface area contributed by atoms with Gasteiger partial charge in [0.05, 0.1) is 22.3 Å². The molecule has 0 bridgehead atoms. The van der Waals surface area contributed by atoms with E-state index in [4.69, 9.17) is 17.3 Å². The van der Waals surface area contributed by atoms with Gasteiger partial charge in [-0.2, -0.15) is 0 Å². The van der Waals surface area contributed by atoms with E-state index >= 15 is 0 Å². The molecule has 3 N–H and O–H groups in total. The van der Waals surface area contributed by atoms with Crippen LogP contribution in [0.2, 0.25) is 4.34 Å². The molecule has 1 amide bonds. The number of benzene rings is 1. The molecule has 1 aromatic heterocycles. The number of nitrogen functional groups attached to an aromatic ring is 1. The monoisotopic (exact) mass is 309 g/mol. The first-order valence-electron chi connectivity index (χ1n) is 6.06. The molecule has 0 spiro atoms. The van der Waals surface area contributed by atoms with Crippen LogP contribution in [-0.2, 0) is 6.54 Å². The number of carbonyl (C=O) groups is 1. The minimum absolute atomic E-state index is 0.147. The molecule has 2 rings (SSSR count). The van der Waals surface area contributed by atoms with E-state index in [1.165, 1.54) is 11.3 Å². The van der Waals surface area contributed by atoms with Gasteiger partial charge in [-0.05, 0) is 30.3 Å². The zero-order chi connectivity index (χ0) is 14.7. The molecule has 0 atom stereocenters. The molecule has 20 heavy (non-hydrogen) atoms. The summed E-state index contributed by atoms with van der Waals surface area (Å²) in [4.78, 5) is 15.0. The third-order valence-electron chi connectivity index (χ3n) is 2.82. The fourth-order valence-corrected chi connectivity index (χ4v) is 2.85. The summed E-state index contributed by atoms with van der Waals surface area (Å²) < 4.78 is 0.717. The minimum Gasteiger partial charge on any atom is -0.397 e. The molecule has 106 valence electrons. The molecule has 0 aliphatic carbocycles. The highest BCUT2D eigenvalue weighted by Crippen LogP contribution is 2.23. The van der Waals surface area contributed by atoms with Crippen LogP contribution < -0.4 is 16.0 Å². The second-order valence-electron chi connectivity index (χ2n) is 4.56. The molecule has 0 aliphatic rings. The van der Waals surface area contributed by atoms with Gasteiger partial charge in [-0.3, -0.25) is 4.79 Å². The Hall–Kier alpha value is -1.72. The summed E-state index contributed by atoms with van der Waals surface area (Å²) in [6, 6.07) is 9.01. The Balaban J connectivity index is 2.04. The predicted molar refractivity (Wildman–Crippen MR) is 85.7 cm³/mol. The number of nitrogens with zero attached hydrogens (tertiary/aromatic N) is 1. The number of nitrogens with two attached hydrogens (primary N) is 1. The zero-order valence-corrected chi connectivity index (χ0v) is 12.9. The molecule has 0 fully saturated rings. The van der Waals surface area contributed by atoms with Crippen molar-refractivity contribution in [1.82, 2.24) is 5.32 Å². The fraction of sp³-hybridized carbons (Fsp3) is 0.214. The summed E-state index contributed by atoms with van der Waals surface area (Å²) in [5.41, 5.74) is 7.97. The van der Waals surface area contributed by atoms with Crippen LogP contribution in [0.3, 0.4) is 0 Å². The van der Waals surface area contributed by atoms with Gasteiger partial charge in [-0.15, -0.1) is 11.3 Å². The highest BCUT2D eigenvalue weighted by Gasteiger charge is 2.09. The van der Waals surface area contributed by atoms with E-state index in [2.05, 4.69) is 5.32 Å². The van der Waals surface area contributed by atoms with Crippen LogP contribution in [0.25, 0.3) is 0 Å². The topological polar surface area (TPSA) is 58.4 Å². The largest absolute Gasteiger partial charge is 0.397 e. The van der Waals surface area contributed by atoms with Crippen molar-refractivity contribution in [3.8, 4) is 0 Å². The molecular weight excluding hydrogens is 294 g/mol. The summed E-state index contributed by atoms with van der Waals surface area (Å²) in [5, 5.41) is 2.85. The van der Waals surface area contributed by atoms with E-state index in [1.54, 1.807) is 12.1 Å². The van der Waals surface area contributed by atoms with Crippen LogP contribution in [0.1, 0.15) is 15.2 Å². The quantitative estimate of drug-likeness (QED) is 0.854. The third-order valence-corrected chi connectivity index (χ3v) is 4.05. The van der Waals surface area contributed by atoms with Gasteiger partial charge in [0, 0.05) is 24.5 Å². The molecule has 0 saturated heterocycles. The van der Waals surface area contributed by atoms with E-state index in [0.717, 1.165) is 10.6 Å². The SMILES string of the molecule is CN(C)c1ccc(C(=O)NCc2ccc(Cl)s2)cc1N. The van der Waals surface area contributed by atoms with Gasteiger partial charge in [0.15, 0.2) is 0 Å². The Morgan fingerprint density at radius 2 is 2.10 bits per heavy atom. The van der Waals surface area contributed by atoms with Crippen LogP contribution in [0.4, 0.5) is 11.4 Å². The van der Waals surface area contributed by atoms with Crippen LogP contribution in [-0.4, -0.2) is 20.0 Å². The molecule has 6 heteroatoms. The highest BCUT2D eigenvalue weighted by molar-refractivity contribution is 7.16. The summed E-state index contributed by atoms with van der Waals surface area (Å²) >= 11 is 7.30. The van der Waals surface area contributed by atoms with E-state index in [-0.39, 0.29) is 5.91 Å². The molecule has 1 heterocycles. The van der Waals surface area contributed by atoms with Crippen LogP contribution >= 0.6 is 22.9 Å². The van der Waals surface area contributed by atoms with Crippen molar-refractivity contribution < 1.29 is 4.79 Å². The van der Waals surface area contributed by atoms with Gasteiger partial charge in [0.1, 0.15) is 0 Å². The lowest BCUT2D eigenvalue weighted by molar-refractivity contribution is 0.0951. The van der Waals surface area contributed by atoms with Crippen molar-refractivity contribution in [3.05, 3.63) is 45.1 Å². The van der Waals surface area contributed by atoms with Crippen molar-refractivity contribution in [2.24, 2.45) is 0 Å². The number of halogens is 1. The summed E-state index contributed by atoms with van der Waals surface area (Å²) in [6.07, 6.45) is 0. The summed E-state index contributed by atoms with van der Waals surface area (Å²) in [6.45, 7) is 0.464. The van der Waals surface area contributed by atoms with Crippen LogP contribution in [0, 0.1) is 0 Å². The van der Waals surface area contributed by atoms with Crippen molar-refractivity contribution in [2.45, 2.75) is 6.54 Å². The number of rotatable bonds is 4. The van der Waals surface area contributed by atoms with Gasteiger partial charge in [0.25, 0.3) is 5.91 Å². The van der Waals surface area contributed by atoms with Crippen molar-refractivity contribution >= 4 is 40.2 Å². The lowest BCUT2D eigenvalue weighted by atomic mass is 10.1. The van der Waals surface area contributed by atoms with Crippen molar-refractivity contribution in [3.63, 3.8) is 0 Å². The van der Waals surface area contributed by atoms with Gasteiger partial charge in [-0.25, -0.2) is 0 Å². The number of amides is 1. The second kappa shape index (κ2) is 6.15. The average Bonchev–Trinajstić information content (AvgIpc) is 2.81. The van der Waals surface area contributed by atoms with E-state index in [0.29, 0.717) is 22.1 Å². The Labute approximate surface area is 127 Å². The minimum atomic E-state index is -0.147. The van der Waals surface area contributed by atoms with Gasteiger partial charge in [0.2, 0.25) is 0 Å². The first kappa shape index (κ1) is 14.7. The molecule has 0 aliphatic heterocycles. The molecule has 1 aromatic carbocycles.